The van der Waals surface area contributed by atoms with Crippen LogP contribution in [0.25, 0.3) is 0 Å². The first-order valence-corrected chi connectivity index (χ1v) is 3.88. The van der Waals surface area contributed by atoms with Crippen molar-refractivity contribution in [1.29, 1.82) is 0 Å². The molecule has 1 unspecified atom stereocenters. The topological polar surface area (TPSA) is 65.0 Å². The minimum atomic E-state index is -0.898. The molecule has 0 bridgehead atoms. The Hall–Kier alpha value is -1.19. The van der Waals surface area contributed by atoms with Gasteiger partial charge in [0, 0.05) is 0 Å². The highest BCUT2D eigenvalue weighted by Gasteiger charge is 2.18. The van der Waals surface area contributed by atoms with E-state index in [1.54, 1.807) is 0 Å². The van der Waals surface area contributed by atoms with E-state index in [4.69, 9.17) is 4.74 Å². The van der Waals surface area contributed by atoms with E-state index >= 15 is 0 Å². The average molecular weight is 187 g/mol. The normalized spacial score (nSPS) is 12.0. The van der Waals surface area contributed by atoms with E-state index in [2.05, 4.69) is 9.73 Å². The Morgan fingerprint density at radius 3 is 2.54 bits per heavy atom. The van der Waals surface area contributed by atoms with Crippen LogP contribution >= 0.6 is 0 Å². The molecule has 0 rings (SSSR count). The van der Waals surface area contributed by atoms with Gasteiger partial charge in [-0.25, -0.2) is 9.59 Å². The summed E-state index contributed by atoms with van der Waals surface area (Å²) in [6, 6.07) is -0.898. The number of esters is 1. The van der Waals surface area contributed by atoms with Gasteiger partial charge in [-0.2, -0.15) is 4.99 Å². The van der Waals surface area contributed by atoms with Crippen LogP contribution in [0.1, 0.15) is 13.8 Å². The molecule has 74 valence electrons. The van der Waals surface area contributed by atoms with Crippen LogP contribution < -0.4 is 0 Å². The second kappa shape index (κ2) is 6.34. The maximum atomic E-state index is 10.9. The Kier molecular flexibility index (Phi) is 5.76. The molecule has 0 heterocycles. The van der Waals surface area contributed by atoms with Gasteiger partial charge in [0.15, 0.2) is 6.04 Å². The van der Waals surface area contributed by atoms with E-state index in [1.807, 2.05) is 13.8 Å². The van der Waals surface area contributed by atoms with Gasteiger partial charge in [0.1, 0.15) is 0 Å². The van der Waals surface area contributed by atoms with Crippen molar-refractivity contribution < 1.29 is 19.1 Å². The number of isocyanates is 1. The van der Waals surface area contributed by atoms with Gasteiger partial charge in [0.05, 0.1) is 19.8 Å². The van der Waals surface area contributed by atoms with Crippen molar-refractivity contribution in [3.05, 3.63) is 0 Å². The van der Waals surface area contributed by atoms with E-state index in [9.17, 15) is 9.59 Å². The first kappa shape index (κ1) is 11.8. The van der Waals surface area contributed by atoms with E-state index in [1.165, 1.54) is 13.2 Å². The molecule has 0 saturated heterocycles. The standard InChI is InChI=1S/C8H13NO4/c1-6(2)13-4-7(9-5-10)8(11)12-3/h6-7H,4H2,1-3H3. The minimum absolute atomic E-state index is 0.0194. The second-order valence-corrected chi connectivity index (χ2v) is 2.64. The maximum Gasteiger partial charge on any atom is 0.333 e. The Labute approximate surface area is 76.7 Å². The van der Waals surface area contributed by atoms with Crippen LogP contribution in [0, 0.1) is 0 Å². The minimum Gasteiger partial charge on any atom is -0.467 e. The number of carbonyl (C=O) groups excluding carboxylic acids is 2. The van der Waals surface area contributed by atoms with Gasteiger partial charge in [-0.05, 0) is 13.8 Å². The monoisotopic (exact) mass is 187 g/mol. The zero-order valence-electron chi connectivity index (χ0n) is 7.94. The lowest BCUT2D eigenvalue weighted by Gasteiger charge is -2.11. The SMILES string of the molecule is COC(=O)C(COC(C)C)N=C=O. The van der Waals surface area contributed by atoms with Gasteiger partial charge in [-0.15, -0.1) is 0 Å². The number of nitrogens with zero attached hydrogens (tertiary/aromatic N) is 1. The molecule has 0 fully saturated rings. The Morgan fingerprint density at radius 2 is 2.15 bits per heavy atom. The Bertz CT molecular complexity index is 208. The summed E-state index contributed by atoms with van der Waals surface area (Å²) in [5.74, 6) is -0.594. The van der Waals surface area contributed by atoms with Crippen LogP contribution in [0.2, 0.25) is 0 Å². The molecular formula is C8H13NO4. The summed E-state index contributed by atoms with van der Waals surface area (Å²) >= 11 is 0. The van der Waals surface area contributed by atoms with Crippen molar-refractivity contribution in [3.63, 3.8) is 0 Å². The molecule has 0 N–H and O–H groups in total. The molecule has 0 aromatic rings. The van der Waals surface area contributed by atoms with Crippen molar-refractivity contribution in [1.82, 2.24) is 0 Å². The van der Waals surface area contributed by atoms with Gasteiger partial charge in [-0.3, -0.25) is 0 Å². The molecule has 0 aliphatic carbocycles. The molecule has 13 heavy (non-hydrogen) atoms. The van der Waals surface area contributed by atoms with Crippen LogP contribution in [0.5, 0.6) is 0 Å². The smallest absolute Gasteiger partial charge is 0.333 e. The molecule has 0 amide bonds. The lowest BCUT2D eigenvalue weighted by atomic mass is 10.3. The molecule has 0 aromatic heterocycles. The highest BCUT2D eigenvalue weighted by Crippen LogP contribution is 1.97. The van der Waals surface area contributed by atoms with Gasteiger partial charge in [0.2, 0.25) is 6.08 Å². The molecule has 0 saturated carbocycles. The molecule has 5 heteroatoms. The summed E-state index contributed by atoms with van der Waals surface area (Å²) in [6.45, 7) is 3.68. The molecule has 0 aromatic carbocycles. The number of aliphatic imine (C=N–C) groups is 1. The summed E-state index contributed by atoms with van der Waals surface area (Å²) in [5, 5.41) is 0. The van der Waals surface area contributed by atoms with Gasteiger partial charge < -0.3 is 9.47 Å². The zero-order valence-corrected chi connectivity index (χ0v) is 7.94. The Morgan fingerprint density at radius 1 is 1.54 bits per heavy atom. The highest BCUT2D eigenvalue weighted by molar-refractivity contribution is 5.76. The Balaban J connectivity index is 4.10. The van der Waals surface area contributed by atoms with Crippen LogP contribution in [0.3, 0.4) is 0 Å². The highest BCUT2D eigenvalue weighted by atomic mass is 16.5. The fraction of sp³-hybridized carbons (Fsp3) is 0.750. The summed E-state index contributed by atoms with van der Waals surface area (Å²) in [6.07, 6.45) is 1.28. The van der Waals surface area contributed by atoms with Crippen LogP contribution in [-0.2, 0) is 19.1 Å². The molecule has 0 radical (unpaired) electrons. The van der Waals surface area contributed by atoms with Gasteiger partial charge in [-0.1, -0.05) is 0 Å². The van der Waals surface area contributed by atoms with Crippen LogP contribution in [0.4, 0.5) is 0 Å². The van der Waals surface area contributed by atoms with E-state index in [-0.39, 0.29) is 12.7 Å². The van der Waals surface area contributed by atoms with Gasteiger partial charge >= 0.3 is 5.97 Å². The summed E-state index contributed by atoms with van der Waals surface area (Å²) in [5.41, 5.74) is 0. The summed E-state index contributed by atoms with van der Waals surface area (Å²) in [7, 11) is 1.23. The quantitative estimate of drug-likeness (QED) is 0.352. The predicted octanol–water partition coefficient (Wildman–Crippen LogP) is 0.289. The number of hydrogen-bond donors (Lipinski definition) is 0. The van der Waals surface area contributed by atoms with Crippen molar-refractivity contribution in [3.8, 4) is 0 Å². The third-order valence-electron chi connectivity index (χ3n) is 1.27. The fourth-order valence-corrected chi connectivity index (χ4v) is 0.641. The first-order chi connectivity index (χ1) is 6.11. The van der Waals surface area contributed by atoms with Crippen molar-refractivity contribution in [2.24, 2.45) is 4.99 Å². The third kappa shape index (κ3) is 5.11. The first-order valence-electron chi connectivity index (χ1n) is 3.88. The largest absolute Gasteiger partial charge is 0.467 e. The average Bonchev–Trinajstić information content (AvgIpc) is 2.10. The molecule has 0 spiro atoms. The van der Waals surface area contributed by atoms with Crippen molar-refractivity contribution in [2.75, 3.05) is 13.7 Å². The number of methoxy groups -OCH3 is 1. The third-order valence-corrected chi connectivity index (χ3v) is 1.27. The maximum absolute atomic E-state index is 10.9. The predicted molar refractivity (Wildman–Crippen MR) is 45.0 cm³/mol. The van der Waals surface area contributed by atoms with Crippen molar-refractivity contribution in [2.45, 2.75) is 26.0 Å². The molecule has 0 aliphatic rings. The van der Waals surface area contributed by atoms with E-state index < -0.39 is 12.0 Å². The molecule has 0 aliphatic heterocycles. The number of hydrogen-bond acceptors (Lipinski definition) is 5. The summed E-state index contributed by atoms with van der Waals surface area (Å²) < 4.78 is 9.51. The zero-order chi connectivity index (χ0) is 10.3. The van der Waals surface area contributed by atoms with E-state index in [0.717, 1.165) is 0 Å². The molecule has 1 atom stereocenters. The van der Waals surface area contributed by atoms with E-state index in [0.29, 0.717) is 0 Å². The molecule has 5 nitrogen and oxygen atoms in total. The molecular weight excluding hydrogens is 174 g/mol. The number of ether oxygens (including phenoxy) is 2. The number of carbonyl (C=O) groups is 1. The van der Waals surface area contributed by atoms with Crippen molar-refractivity contribution >= 4 is 12.0 Å². The van der Waals surface area contributed by atoms with Gasteiger partial charge in [0.25, 0.3) is 0 Å². The fourth-order valence-electron chi connectivity index (χ4n) is 0.641. The second-order valence-electron chi connectivity index (χ2n) is 2.64. The number of rotatable bonds is 5. The van der Waals surface area contributed by atoms with Crippen LogP contribution in [0.15, 0.2) is 4.99 Å². The lowest BCUT2D eigenvalue weighted by molar-refractivity contribution is -0.143. The van der Waals surface area contributed by atoms with Crippen LogP contribution in [-0.4, -0.2) is 37.9 Å². The summed E-state index contributed by atoms with van der Waals surface area (Å²) in [4.78, 5) is 24.1. The lowest BCUT2D eigenvalue weighted by Crippen LogP contribution is -2.27.